The predicted molar refractivity (Wildman–Crippen MR) is 110 cm³/mol. The largest absolute Gasteiger partial charge is 0.479 e. The van der Waals surface area contributed by atoms with Crippen LogP contribution in [-0.2, 0) is 11.2 Å². The van der Waals surface area contributed by atoms with Crippen LogP contribution in [0.25, 0.3) is 0 Å². The molecule has 0 bridgehead atoms. The van der Waals surface area contributed by atoms with E-state index in [0.29, 0.717) is 60.2 Å². The van der Waals surface area contributed by atoms with Crippen molar-refractivity contribution in [1.82, 2.24) is 4.98 Å². The fraction of sp³-hybridized carbons (Fsp3) is 0.435. The number of carbonyl (C=O) groups excluding carboxylic acids is 2. The van der Waals surface area contributed by atoms with Crippen LogP contribution in [0.3, 0.4) is 0 Å². The molecule has 1 fully saturated rings. The highest BCUT2D eigenvalue weighted by Gasteiger charge is 2.36. The molecular formula is C23H25FN2O4. The first-order chi connectivity index (χ1) is 14.3. The third kappa shape index (κ3) is 3.88. The summed E-state index contributed by atoms with van der Waals surface area (Å²) in [5.74, 6) is 0.570. The predicted octanol–water partition coefficient (Wildman–Crippen LogP) is 3.96. The minimum Gasteiger partial charge on any atom is -0.479 e. The van der Waals surface area contributed by atoms with Crippen LogP contribution in [-0.4, -0.2) is 35.4 Å². The van der Waals surface area contributed by atoms with Gasteiger partial charge in [0.15, 0.2) is 11.9 Å². The van der Waals surface area contributed by atoms with E-state index in [1.807, 2.05) is 6.92 Å². The molecule has 1 aliphatic carbocycles. The zero-order valence-electron chi connectivity index (χ0n) is 17.4. The van der Waals surface area contributed by atoms with E-state index in [1.54, 1.807) is 18.2 Å². The van der Waals surface area contributed by atoms with E-state index in [4.69, 9.17) is 9.47 Å². The van der Waals surface area contributed by atoms with E-state index in [9.17, 15) is 14.0 Å². The number of fused-ring (bicyclic) bond motifs is 1. The van der Waals surface area contributed by atoms with Crippen molar-refractivity contribution in [2.75, 3.05) is 11.4 Å². The molecule has 0 saturated carbocycles. The SMILES string of the molecule is CC(C)C(C)Oc1ccc(O[C@@H]2CCN(c3cc(F)c4c(c3)C(=O)CC4)C2=O)cn1. The number of carbonyl (C=O) groups is 2. The van der Waals surface area contributed by atoms with Gasteiger partial charge in [-0.1, -0.05) is 13.8 Å². The lowest BCUT2D eigenvalue weighted by molar-refractivity contribution is -0.122. The maximum absolute atomic E-state index is 14.4. The van der Waals surface area contributed by atoms with Gasteiger partial charge >= 0.3 is 0 Å². The Kier molecular flexibility index (Phi) is 5.45. The molecular weight excluding hydrogens is 387 g/mol. The zero-order chi connectivity index (χ0) is 21.4. The summed E-state index contributed by atoms with van der Waals surface area (Å²) < 4.78 is 26.0. The van der Waals surface area contributed by atoms with E-state index in [-0.39, 0.29) is 17.8 Å². The molecule has 2 heterocycles. The number of aromatic nitrogens is 1. The normalized spacial score (nSPS) is 19.4. The van der Waals surface area contributed by atoms with Gasteiger partial charge in [-0.15, -0.1) is 0 Å². The van der Waals surface area contributed by atoms with Gasteiger partial charge in [0.2, 0.25) is 5.88 Å². The van der Waals surface area contributed by atoms with Crippen molar-refractivity contribution in [3.63, 3.8) is 0 Å². The maximum Gasteiger partial charge on any atom is 0.268 e. The third-order valence-corrected chi connectivity index (χ3v) is 5.78. The highest BCUT2D eigenvalue weighted by molar-refractivity contribution is 6.04. The summed E-state index contributed by atoms with van der Waals surface area (Å²) in [5.41, 5.74) is 1.24. The second-order valence-corrected chi connectivity index (χ2v) is 8.16. The van der Waals surface area contributed by atoms with Crippen molar-refractivity contribution in [3.8, 4) is 11.6 Å². The number of rotatable bonds is 6. The van der Waals surface area contributed by atoms with Crippen molar-refractivity contribution >= 4 is 17.4 Å². The molecule has 0 spiro atoms. The number of benzene rings is 1. The van der Waals surface area contributed by atoms with E-state index in [2.05, 4.69) is 18.8 Å². The molecule has 1 unspecified atom stereocenters. The lowest BCUT2D eigenvalue weighted by Gasteiger charge is -2.19. The van der Waals surface area contributed by atoms with Gasteiger partial charge < -0.3 is 14.4 Å². The first-order valence-corrected chi connectivity index (χ1v) is 10.3. The Morgan fingerprint density at radius 3 is 2.67 bits per heavy atom. The Hall–Kier alpha value is -2.96. The fourth-order valence-corrected chi connectivity index (χ4v) is 3.67. The summed E-state index contributed by atoms with van der Waals surface area (Å²) in [6.45, 7) is 6.53. The summed E-state index contributed by atoms with van der Waals surface area (Å²) in [6, 6.07) is 6.39. The third-order valence-electron chi connectivity index (χ3n) is 5.78. The molecule has 2 atom stereocenters. The number of pyridine rings is 1. The second kappa shape index (κ2) is 8.05. The van der Waals surface area contributed by atoms with E-state index in [0.717, 1.165) is 0 Å². The monoisotopic (exact) mass is 412 g/mol. The molecule has 1 aromatic heterocycles. The van der Waals surface area contributed by atoms with Gasteiger partial charge in [-0.05, 0) is 43.0 Å². The van der Waals surface area contributed by atoms with Crippen LogP contribution < -0.4 is 14.4 Å². The van der Waals surface area contributed by atoms with E-state index < -0.39 is 11.9 Å². The van der Waals surface area contributed by atoms with Gasteiger partial charge in [-0.25, -0.2) is 9.37 Å². The molecule has 1 saturated heterocycles. The van der Waals surface area contributed by atoms with Crippen LogP contribution in [0.15, 0.2) is 30.5 Å². The van der Waals surface area contributed by atoms with Crippen LogP contribution >= 0.6 is 0 Å². The Labute approximate surface area is 175 Å². The summed E-state index contributed by atoms with van der Waals surface area (Å²) in [6.07, 6.45) is 2.09. The van der Waals surface area contributed by atoms with Gasteiger partial charge in [0.1, 0.15) is 11.6 Å². The molecule has 6 nitrogen and oxygen atoms in total. The molecule has 2 aliphatic rings. The van der Waals surface area contributed by atoms with Gasteiger partial charge in [-0.2, -0.15) is 0 Å². The summed E-state index contributed by atoms with van der Waals surface area (Å²) in [5, 5.41) is 0. The molecule has 0 N–H and O–H groups in total. The fourth-order valence-electron chi connectivity index (χ4n) is 3.67. The van der Waals surface area contributed by atoms with Gasteiger partial charge in [0.05, 0.1) is 12.3 Å². The molecule has 1 aromatic carbocycles. The number of anilines is 1. The summed E-state index contributed by atoms with van der Waals surface area (Å²) in [7, 11) is 0. The van der Waals surface area contributed by atoms with Crippen molar-refractivity contribution in [1.29, 1.82) is 0 Å². The number of Topliss-reactive ketones (excluding diaryl/α,β-unsaturated/α-hetero) is 1. The molecule has 0 radical (unpaired) electrons. The molecule has 1 aliphatic heterocycles. The Morgan fingerprint density at radius 1 is 1.17 bits per heavy atom. The highest BCUT2D eigenvalue weighted by Crippen LogP contribution is 2.32. The zero-order valence-corrected chi connectivity index (χ0v) is 17.4. The quantitative estimate of drug-likeness (QED) is 0.718. The number of halogens is 1. The molecule has 2 aromatic rings. The van der Waals surface area contributed by atoms with Crippen LogP contribution in [0.1, 0.15) is 49.5 Å². The average Bonchev–Trinajstić information content (AvgIpc) is 3.27. The van der Waals surface area contributed by atoms with Crippen molar-refractivity contribution in [3.05, 3.63) is 47.4 Å². The van der Waals surface area contributed by atoms with E-state index in [1.165, 1.54) is 17.2 Å². The maximum atomic E-state index is 14.4. The second-order valence-electron chi connectivity index (χ2n) is 8.16. The topological polar surface area (TPSA) is 68.7 Å². The minimum absolute atomic E-state index is 0.0360. The first-order valence-electron chi connectivity index (χ1n) is 10.3. The minimum atomic E-state index is -0.680. The first kappa shape index (κ1) is 20.3. The van der Waals surface area contributed by atoms with Crippen LogP contribution in [0.5, 0.6) is 11.6 Å². The number of amides is 1. The lowest BCUT2D eigenvalue weighted by Crippen LogP contribution is -2.32. The lowest BCUT2D eigenvalue weighted by atomic mass is 10.1. The van der Waals surface area contributed by atoms with Crippen molar-refractivity contribution < 1.29 is 23.5 Å². The highest BCUT2D eigenvalue weighted by atomic mass is 19.1. The van der Waals surface area contributed by atoms with E-state index >= 15 is 0 Å². The summed E-state index contributed by atoms with van der Waals surface area (Å²) in [4.78, 5) is 30.6. The number of nitrogens with zero attached hydrogens (tertiary/aromatic N) is 2. The van der Waals surface area contributed by atoms with Crippen molar-refractivity contribution in [2.45, 2.75) is 52.2 Å². The molecule has 1 amide bonds. The smallest absolute Gasteiger partial charge is 0.268 e. The number of ether oxygens (including phenoxy) is 2. The summed E-state index contributed by atoms with van der Waals surface area (Å²) >= 11 is 0. The molecule has 158 valence electrons. The van der Waals surface area contributed by atoms with Crippen molar-refractivity contribution in [2.24, 2.45) is 5.92 Å². The van der Waals surface area contributed by atoms with Crippen LogP contribution in [0, 0.1) is 11.7 Å². The molecule has 4 rings (SSSR count). The Balaban J connectivity index is 1.44. The Bertz CT molecular complexity index is 974. The van der Waals surface area contributed by atoms with Gasteiger partial charge in [-0.3, -0.25) is 9.59 Å². The number of hydrogen-bond donors (Lipinski definition) is 0. The number of hydrogen-bond acceptors (Lipinski definition) is 5. The molecule has 7 heteroatoms. The van der Waals surface area contributed by atoms with Crippen LogP contribution in [0.2, 0.25) is 0 Å². The standard InChI is InChI=1S/C23H25FN2O4/c1-13(2)14(3)29-22-7-4-16(12-25-22)30-21-8-9-26(23(21)28)15-10-18-17(19(24)11-15)5-6-20(18)27/h4,7,10-14,21H,5-6,8-9H2,1-3H3/t14?,21-/m1/s1. The number of ketones is 1. The Morgan fingerprint density at radius 2 is 1.97 bits per heavy atom. The van der Waals surface area contributed by atoms with Gasteiger partial charge in [0.25, 0.3) is 5.91 Å². The molecule has 30 heavy (non-hydrogen) atoms. The van der Waals surface area contributed by atoms with Crippen LogP contribution in [0.4, 0.5) is 10.1 Å². The average molecular weight is 412 g/mol. The van der Waals surface area contributed by atoms with Gasteiger partial charge in [0, 0.05) is 36.7 Å².